The molecule has 1 unspecified atom stereocenters. The summed E-state index contributed by atoms with van der Waals surface area (Å²) >= 11 is 12.6. The molecule has 2 aromatic rings. The maximum absolute atomic E-state index is 13.9. The summed E-state index contributed by atoms with van der Waals surface area (Å²) in [6.45, 7) is 0.145. The Bertz CT molecular complexity index is 1380. The lowest BCUT2D eigenvalue weighted by molar-refractivity contribution is -0.147. The molecule has 3 N–H and O–H groups in total. The third-order valence-corrected chi connectivity index (χ3v) is 8.20. The van der Waals surface area contributed by atoms with Crippen LogP contribution in [0.4, 0.5) is 0 Å². The molecule has 218 valence electrons. The smallest absolute Gasteiger partial charge is 0.252 e. The first-order valence-corrected chi connectivity index (χ1v) is 14.0. The van der Waals surface area contributed by atoms with E-state index in [4.69, 9.17) is 37.4 Å². The van der Waals surface area contributed by atoms with Crippen molar-refractivity contribution in [2.75, 3.05) is 26.9 Å². The third kappa shape index (κ3) is 5.67. The number of ether oxygens (including phenoxy) is 3. The third-order valence-electron chi connectivity index (χ3n) is 7.61. The normalized spacial score (nSPS) is 24.5. The first kappa shape index (κ1) is 29.3. The lowest BCUT2D eigenvalue weighted by Gasteiger charge is -2.41. The van der Waals surface area contributed by atoms with Gasteiger partial charge in [0.05, 0.1) is 25.7 Å². The van der Waals surface area contributed by atoms with Gasteiger partial charge < -0.3 is 34.6 Å². The second kappa shape index (κ2) is 12.4. The number of methoxy groups -OCH3 is 1. The minimum absolute atomic E-state index is 0.00140. The number of carbonyl (C=O) groups is 3. The second-order valence-electron chi connectivity index (χ2n) is 10.1. The van der Waals surface area contributed by atoms with Crippen molar-refractivity contribution in [1.29, 1.82) is 0 Å². The molecule has 41 heavy (non-hydrogen) atoms. The van der Waals surface area contributed by atoms with Crippen LogP contribution in [-0.4, -0.2) is 84.4 Å². The zero-order valence-electron chi connectivity index (χ0n) is 22.2. The molecule has 2 aliphatic heterocycles. The number of carbonyl (C=O) groups excluding carboxylic acids is 3. The largest absolute Gasteiger partial charge is 0.493 e. The highest BCUT2D eigenvalue weighted by Gasteiger charge is 2.52. The molecule has 1 fully saturated rings. The van der Waals surface area contributed by atoms with E-state index in [1.54, 1.807) is 30.3 Å². The molecule has 0 bridgehead atoms. The van der Waals surface area contributed by atoms with Crippen LogP contribution in [-0.2, 0) is 20.9 Å². The molecule has 0 spiro atoms. The predicted octanol–water partition coefficient (Wildman–Crippen LogP) is 2.64. The van der Waals surface area contributed by atoms with Crippen LogP contribution in [0.5, 0.6) is 11.5 Å². The molecular weight excluding hydrogens is 575 g/mol. The summed E-state index contributed by atoms with van der Waals surface area (Å²) in [5.74, 6) is -1.07. The number of amides is 2. The molecule has 3 aliphatic rings. The number of hydrogen-bond donors (Lipinski definition) is 3. The van der Waals surface area contributed by atoms with Crippen molar-refractivity contribution < 1.29 is 38.8 Å². The van der Waals surface area contributed by atoms with Gasteiger partial charge in [-0.1, -0.05) is 29.3 Å². The number of halogens is 2. The van der Waals surface area contributed by atoms with Crippen LogP contribution in [0.2, 0.25) is 10.0 Å². The first-order valence-electron chi connectivity index (χ1n) is 13.3. The van der Waals surface area contributed by atoms with Crippen molar-refractivity contribution in [2.45, 2.75) is 49.7 Å². The van der Waals surface area contributed by atoms with Gasteiger partial charge >= 0.3 is 0 Å². The molecule has 5 rings (SSSR count). The number of fused-ring (bicyclic) bond motifs is 3. The number of aldehydes is 1. The summed E-state index contributed by atoms with van der Waals surface area (Å²) in [6.07, 6.45) is 0.432. The summed E-state index contributed by atoms with van der Waals surface area (Å²) in [6, 6.07) is 7.02. The van der Waals surface area contributed by atoms with Crippen LogP contribution in [0.3, 0.4) is 0 Å². The molecule has 0 saturated carbocycles. The summed E-state index contributed by atoms with van der Waals surface area (Å²) < 4.78 is 17.4. The molecule has 2 amide bonds. The molecular formula is C29H30Cl2N2O8. The Kier molecular flexibility index (Phi) is 8.86. The fourth-order valence-corrected chi connectivity index (χ4v) is 6.15. The Hall–Kier alpha value is -3.15. The van der Waals surface area contributed by atoms with Crippen LogP contribution in [0.25, 0.3) is 0 Å². The van der Waals surface area contributed by atoms with Gasteiger partial charge in [-0.2, -0.15) is 0 Å². The van der Waals surface area contributed by atoms with Crippen molar-refractivity contribution in [2.24, 2.45) is 0 Å². The van der Waals surface area contributed by atoms with Gasteiger partial charge in [-0.15, -0.1) is 0 Å². The number of benzene rings is 2. The minimum atomic E-state index is -1.29. The Labute approximate surface area is 246 Å². The van der Waals surface area contributed by atoms with Gasteiger partial charge in [0, 0.05) is 46.4 Å². The molecule has 1 saturated heterocycles. The van der Waals surface area contributed by atoms with E-state index < -0.39 is 36.2 Å². The maximum atomic E-state index is 13.9. The Balaban J connectivity index is 1.61. The van der Waals surface area contributed by atoms with Crippen molar-refractivity contribution in [3.05, 3.63) is 68.7 Å². The highest BCUT2D eigenvalue weighted by Crippen LogP contribution is 2.51. The fraction of sp³-hybridized carbons (Fsp3) is 0.414. The second-order valence-corrected chi connectivity index (χ2v) is 10.9. The number of aliphatic hydroxyl groups is 2. The maximum Gasteiger partial charge on any atom is 0.252 e. The topological polar surface area (TPSA) is 135 Å². The molecule has 0 radical (unpaired) electrons. The van der Waals surface area contributed by atoms with E-state index in [2.05, 4.69) is 5.32 Å². The number of nitrogens with one attached hydrogen (secondary N) is 1. The van der Waals surface area contributed by atoms with Gasteiger partial charge in [0.15, 0.2) is 11.5 Å². The highest BCUT2D eigenvalue weighted by atomic mass is 35.5. The molecule has 12 heteroatoms. The van der Waals surface area contributed by atoms with E-state index in [0.29, 0.717) is 58.2 Å². The monoisotopic (exact) mass is 604 g/mol. The Morgan fingerprint density at radius 2 is 2.05 bits per heavy atom. The molecule has 1 aliphatic carbocycles. The van der Waals surface area contributed by atoms with E-state index >= 15 is 0 Å². The Morgan fingerprint density at radius 1 is 1.24 bits per heavy atom. The molecule has 0 aromatic heterocycles. The van der Waals surface area contributed by atoms with Crippen LogP contribution in [0, 0.1) is 0 Å². The SMILES string of the molecule is COc1cc(C=O)cc2c1O[C@@H]1[C@@H](O)[C@H](N(Cc3ccc(Cl)cc3Cl)C(=O)C3CCCO3)C=C(C(=O)NCCO)[C@H]21. The minimum Gasteiger partial charge on any atom is -0.493 e. The van der Waals surface area contributed by atoms with Gasteiger partial charge in [0.2, 0.25) is 5.91 Å². The Morgan fingerprint density at radius 3 is 2.71 bits per heavy atom. The van der Waals surface area contributed by atoms with Crippen LogP contribution in [0.1, 0.15) is 40.2 Å². The fourth-order valence-electron chi connectivity index (χ4n) is 5.68. The standard InChI is InChI=1S/C29H30Cl2N2O8/c1-39-23-10-15(14-35)9-18-24-19(28(37)32-6-7-34)12-21(25(36)27(24)41-26(18)23)33(29(38)22-3-2-8-40-22)13-16-4-5-17(30)11-20(16)31/h4-5,9-12,14,21-22,24-25,27,34,36H,2-3,6-8,13H2,1H3,(H,32,37)/t21-,22?,24+,25+,27+/m1/s1. The average Bonchev–Trinajstić information content (AvgIpc) is 3.64. The first-order chi connectivity index (χ1) is 19.8. The highest BCUT2D eigenvalue weighted by molar-refractivity contribution is 6.35. The predicted molar refractivity (Wildman–Crippen MR) is 149 cm³/mol. The van der Waals surface area contributed by atoms with Gasteiger partial charge in [-0.05, 0) is 48.7 Å². The molecule has 2 aromatic carbocycles. The zero-order chi connectivity index (χ0) is 29.3. The van der Waals surface area contributed by atoms with E-state index in [9.17, 15) is 24.6 Å². The quantitative estimate of drug-likeness (QED) is 0.372. The summed E-state index contributed by atoms with van der Waals surface area (Å²) in [5, 5.41) is 24.6. The van der Waals surface area contributed by atoms with Crippen LogP contribution >= 0.6 is 23.2 Å². The van der Waals surface area contributed by atoms with Crippen LogP contribution in [0.15, 0.2) is 42.0 Å². The van der Waals surface area contributed by atoms with E-state index in [-0.39, 0.29) is 36.9 Å². The van der Waals surface area contributed by atoms with Gasteiger partial charge in [0.25, 0.3) is 5.91 Å². The van der Waals surface area contributed by atoms with Crippen LogP contribution < -0.4 is 14.8 Å². The molecule has 5 atom stereocenters. The number of rotatable bonds is 9. The number of hydrogen-bond acceptors (Lipinski definition) is 8. The van der Waals surface area contributed by atoms with Crippen molar-refractivity contribution in [3.63, 3.8) is 0 Å². The summed E-state index contributed by atoms with van der Waals surface area (Å²) in [4.78, 5) is 40.5. The zero-order valence-corrected chi connectivity index (χ0v) is 23.7. The molecule has 10 nitrogen and oxygen atoms in total. The lowest BCUT2D eigenvalue weighted by atomic mass is 9.77. The number of aliphatic hydroxyl groups excluding tert-OH is 2. The van der Waals surface area contributed by atoms with Gasteiger partial charge in [-0.25, -0.2) is 0 Å². The summed E-state index contributed by atoms with van der Waals surface area (Å²) in [5.41, 5.74) is 1.61. The van der Waals surface area contributed by atoms with Gasteiger partial charge in [-0.3, -0.25) is 14.4 Å². The number of nitrogens with zero attached hydrogens (tertiary/aromatic N) is 1. The average molecular weight is 605 g/mol. The van der Waals surface area contributed by atoms with Crippen molar-refractivity contribution in [3.8, 4) is 11.5 Å². The van der Waals surface area contributed by atoms with E-state index in [1.807, 2.05) is 0 Å². The lowest BCUT2D eigenvalue weighted by Crippen LogP contribution is -2.57. The van der Waals surface area contributed by atoms with Gasteiger partial charge in [0.1, 0.15) is 24.6 Å². The van der Waals surface area contributed by atoms with E-state index in [0.717, 1.165) is 0 Å². The van der Waals surface area contributed by atoms with Crippen molar-refractivity contribution >= 4 is 41.3 Å². The van der Waals surface area contributed by atoms with Crippen molar-refractivity contribution in [1.82, 2.24) is 10.2 Å². The summed E-state index contributed by atoms with van der Waals surface area (Å²) in [7, 11) is 1.43. The molecule has 2 heterocycles. The van der Waals surface area contributed by atoms with E-state index in [1.165, 1.54) is 18.1 Å².